The fourth-order valence-corrected chi connectivity index (χ4v) is 3.27. The van der Waals surface area contributed by atoms with Gasteiger partial charge in [0.25, 0.3) is 0 Å². The quantitative estimate of drug-likeness (QED) is 0.633. The van der Waals surface area contributed by atoms with Gasteiger partial charge in [-0.05, 0) is 62.9 Å². The average Bonchev–Trinajstić information content (AvgIpc) is 2.10. The molecule has 4 N–H and O–H groups in total. The van der Waals surface area contributed by atoms with E-state index in [1.807, 2.05) is 0 Å². The van der Waals surface area contributed by atoms with Gasteiger partial charge < -0.3 is 15.9 Å². The van der Waals surface area contributed by atoms with E-state index in [0.717, 1.165) is 12.7 Å². The number of halogens is 2. The van der Waals surface area contributed by atoms with Crippen molar-refractivity contribution in [2.24, 2.45) is 5.73 Å². The minimum atomic E-state index is -1.02. The Morgan fingerprint density at radius 3 is 2.27 bits per heavy atom. The van der Waals surface area contributed by atoms with Crippen molar-refractivity contribution in [2.45, 2.75) is 12.5 Å². The van der Waals surface area contributed by atoms with Crippen LogP contribution in [0.2, 0.25) is 0 Å². The standard InChI is InChI=1S/C9H9I2NO3/c10-6-1-4(13)2-7(11)5(6)3-8(12)9(14)15/h1-2,8,13H,3,12H2,(H,14,15). The number of aliphatic carboxylic acids is 1. The zero-order chi connectivity index (χ0) is 11.6. The highest BCUT2D eigenvalue weighted by atomic mass is 127. The number of hydrogen-bond acceptors (Lipinski definition) is 3. The number of hydrogen-bond donors (Lipinski definition) is 3. The molecule has 0 aromatic heterocycles. The molecule has 1 rings (SSSR count). The number of carbonyl (C=O) groups is 1. The van der Waals surface area contributed by atoms with Crippen molar-refractivity contribution in [3.05, 3.63) is 24.8 Å². The minimum absolute atomic E-state index is 0.177. The Morgan fingerprint density at radius 1 is 1.40 bits per heavy atom. The first-order valence-corrected chi connectivity index (χ1v) is 6.23. The molecule has 1 unspecified atom stereocenters. The minimum Gasteiger partial charge on any atom is -0.508 e. The number of phenols is 1. The number of carboxylic acid groups (broad SMARTS) is 1. The summed E-state index contributed by atoms with van der Waals surface area (Å²) in [5.41, 5.74) is 6.32. The van der Waals surface area contributed by atoms with Gasteiger partial charge in [0, 0.05) is 13.6 Å². The maximum atomic E-state index is 10.6. The van der Waals surface area contributed by atoms with Crippen LogP contribution >= 0.6 is 45.2 Å². The molecule has 0 heterocycles. The van der Waals surface area contributed by atoms with Crippen LogP contribution in [0, 0.1) is 7.14 Å². The van der Waals surface area contributed by atoms with Crippen molar-refractivity contribution in [1.29, 1.82) is 0 Å². The molecule has 0 fully saturated rings. The van der Waals surface area contributed by atoms with Crippen molar-refractivity contribution in [3.63, 3.8) is 0 Å². The van der Waals surface area contributed by atoms with Crippen molar-refractivity contribution in [3.8, 4) is 5.75 Å². The fraction of sp³-hybridized carbons (Fsp3) is 0.222. The molecule has 15 heavy (non-hydrogen) atoms. The first-order valence-electron chi connectivity index (χ1n) is 4.07. The van der Waals surface area contributed by atoms with Gasteiger partial charge in [-0.3, -0.25) is 4.79 Å². The zero-order valence-corrected chi connectivity index (χ0v) is 11.9. The van der Waals surface area contributed by atoms with E-state index in [-0.39, 0.29) is 12.2 Å². The van der Waals surface area contributed by atoms with Gasteiger partial charge in [0.05, 0.1) is 0 Å². The van der Waals surface area contributed by atoms with Crippen LogP contribution in [0.1, 0.15) is 5.56 Å². The van der Waals surface area contributed by atoms with E-state index in [9.17, 15) is 9.90 Å². The number of aromatic hydroxyl groups is 1. The summed E-state index contributed by atoms with van der Waals surface area (Å²) in [6, 6.07) is 2.27. The molecule has 0 saturated carbocycles. The molecule has 0 radical (unpaired) electrons. The van der Waals surface area contributed by atoms with Crippen LogP contribution < -0.4 is 5.73 Å². The van der Waals surface area contributed by atoms with E-state index in [4.69, 9.17) is 10.8 Å². The molecule has 0 aliphatic heterocycles. The number of phenolic OH excluding ortho intramolecular Hbond substituents is 1. The highest BCUT2D eigenvalue weighted by Gasteiger charge is 2.16. The normalized spacial score (nSPS) is 12.5. The predicted molar refractivity (Wildman–Crippen MR) is 72.9 cm³/mol. The van der Waals surface area contributed by atoms with Gasteiger partial charge in [0.2, 0.25) is 0 Å². The molecular weight excluding hydrogens is 424 g/mol. The van der Waals surface area contributed by atoms with Crippen LogP contribution in [-0.4, -0.2) is 22.2 Å². The van der Waals surface area contributed by atoms with Gasteiger partial charge in [-0.1, -0.05) is 0 Å². The molecule has 1 aromatic rings. The predicted octanol–water partition coefficient (Wildman–Crippen LogP) is 1.56. The van der Waals surface area contributed by atoms with Crippen molar-refractivity contribution in [1.82, 2.24) is 0 Å². The smallest absolute Gasteiger partial charge is 0.320 e. The largest absolute Gasteiger partial charge is 0.508 e. The topological polar surface area (TPSA) is 83.5 Å². The Bertz CT molecular complexity index is 372. The Kier molecular flexibility index (Phi) is 4.59. The van der Waals surface area contributed by atoms with Gasteiger partial charge >= 0.3 is 5.97 Å². The van der Waals surface area contributed by atoms with Crippen LogP contribution in [0.4, 0.5) is 0 Å². The van der Waals surface area contributed by atoms with Crippen LogP contribution in [0.5, 0.6) is 5.75 Å². The van der Waals surface area contributed by atoms with Crippen LogP contribution in [0.15, 0.2) is 12.1 Å². The molecule has 0 spiro atoms. The monoisotopic (exact) mass is 433 g/mol. The third-order valence-electron chi connectivity index (χ3n) is 1.87. The van der Waals surface area contributed by atoms with E-state index < -0.39 is 12.0 Å². The van der Waals surface area contributed by atoms with Crippen molar-refractivity contribution < 1.29 is 15.0 Å². The molecule has 0 aliphatic carbocycles. The van der Waals surface area contributed by atoms with E-state index in [1.165, 1.54) is 0 Å². The summed E-state index contributed by atoms with van der Waals surface area (Å²) in [5.74, 6) is -0.842. The second-order valence-corrected chi connectivity index (χ2v) is 5.36. The number of rotatable bonds is 3. The maximum Gasteiger partial charge on any atom is 0.320 e. The molecule has 6 heteroatoms. The van der Waals surface area contributed by atoms with E-state index in [0.29, 0.717) is 0 Å². The van der Waals surface area contributed by atoms with Crippen molar-refractivity contribution in [2.75, 3.05) is 0 Å². The Balaban J connectivity index is 3.00. The van der Waals surface area contributed by atoms with Crippen LogP contribution in [-0.2, 0) is 11.2 Å². The lowest BCUT2D eigenvalue weighted by Gasteiger charge is -2.11. The molecule has 1 aromatic carbocycles. The molecule has 0 amide bonds. The summed E-state index contributed by atoms with van der Waals surface area (Å²) < 4.78 is 1.66. The number of benzene rings is 1. The number of carboxylic acids is 1. The van der Waals surface area contributed by atoms with Gasteiger partial charge in [-0.15, -0.1) is 0 Å². The average molecular weight is 433 g/mol. The van der Waals surface area contributed by atoms with E-state index >= 15 is 0 Å². The molecule has 0 aliphatic rings. The molecule has 1 atom stereocenters. The fourth-order valence-electron chi connectivity index (χ4n) is 1.09. The first-order chi connectivity index (χ1) is 6.91. The third-order valence-corrected chi connectivity index (χ3v) is 3.79. The third kappa shape index (κ3) is 3.45. The molecule has 0 saturated heterocycles. The van der Waals surface area contributed by atoms with Gasteiger partial charge in [-0.2, -0.15) is 0 Å². The highest BCUT2D eigenvalue weighted by molar-refractivity contribution is 14.1. The summed E-state index contributed by atoms with van der Waals surface area (Å²) >= 11 is 4.11. The van der Waals surface area contributed by atoms with E-state index in [1.54, 1.807) is 12.1 Å². The number of nitrogens with two attached hydrogens (primary N) is 1. The summed E-state index contributed by atoms with van der Waals surface area (Å²) in [7, 11) is 0. The summed E-state index contributed by atoms with van der Waals surface area (Å²) in [5, 5.41) is 18.0. The second-order valence-electron chi connectivity index (χ2n) is 3.04. The zero-order valence-electron chi connectivity index (χ0n) is 7.58. The van der Waals surface area contributed by atoms with Crippen molar-refractivity contribution >= 4 is 51.2 Å². The molecule has 0 bridgehead atoms. The Morgan fingerprint density at radius 2 is 1.87 bits per heavy atom. The lowest BCUT2D eigenvalue weighted by atomic mass is 10.1. The van der Waals surface area contributed by atoms with Gasteiger partial charge in [0.1, 0.15) is 11.8 Å². The molecule has 82 valence electrons. The molecule has 4 nitrogen and oxygen atoms in total. The second kappa shape index (κ2) is 5.30. The maximum absolute atomic E-state index is 10.6. The Hall–Kier alpha value is -0.0900. The van der Waals surface area contributed by atoms with Crippen LogP contribution in [0.25, 0.3) is 0 Å². The lowest BCUT2D eigenvalue weighted by Crippen LogP contribution is -2.32. The summed E-state index contributed by atoms with van der Waals surface area (Å²) in [4.78, 5) is 10.6. The molecular formula is C9H9I2NO3. The van der Waals surface area contributed by atoms with Gasteiger partial charge in [0.15, 0.2) is 0 Å². The van der Waals surface area contributed by atoms with Gasteiger partial charge in [-0.25, -0.2) is 0 Å². The Labute approximate surface area is 114 Å². The lowest BCUT2D eigenvalue weighted by molar-refractivity contribution is -0.138. The summed E-state index contributed by atoms with van der Waals surface area (Å²) in [6.07, 6.45) is 0.270. The van der Waals surface area contributed by atoms with E-state index in [2.05, 4.69) is 45.2 Å². The summed E-state index contributed by atoms with van der Waals surface area (Å²) in [6.45, 7) is 0. The van der Waals surface area contributed by atoms with Crippen LogP contribution in [0.3, 0.4) is 0 Å². The SMILES string of the molecule is NC(Cc1c(I)cc(O)cc1I)C(=O)O. The highest BCUT2D eigenvalue weighted by Crippen LogP contribution is 2.25. The first kappa shape index (κ1) is 13.0.